The topological polar surface area (TPSA) is 62.5 Å². The molecule has 2 rings (SSSR count). The third kappa shape index (κ3) is 4.10. The zero-order valence-corrected chi connectivity index (χ0v) is 13.7. The van der Waals surface area contributed by atoms with Gasteiger partial charge in [-0.05, 0) is 19.4 Å². The van der Waals surface area contributed by atoms with Gasteiger partial charge in [0.05, 0.1) is 5.69 Å². The molecule has 0 bridgehead atoms. The summed E-state index contributed by atoms with van der Waals surface area (Å²) in [6.45, 7) is 7.61. The normalized spacial score (nSPS) is 13.0. The molecule has 2 aromatic rings. The predicted molar refractivity (Wildman–Crippen MR) is 89.0 cm³/mol. The van der Waals surface area contributed by atoms with Crippen molar-refractivity contribution in [1.29, 1.82) is 0 Å². The van der Waals surface area contributed by atoms with Crippen LogP contribution in [-0.4, -0.2) is 24.7 Å². The molecule has 0 radical (unpaired) electrons. The van der Waals surface area contributed by atoms with E-state index >= 15 is 0 Å². The van der Waals surface area contributed by atoms with Crippen LogP contribution in [0.4, 0.5) is 0 Å². The molecule has 0 saturated heterocycles. The molecular formula is C17H24N4O. The highest BCUT2D eigenvalue weighted by Crippen LogP contribution is 2.22. The smallest absolute Gasteiger partial charge is 0.191 e. The van der Waals surface area contributed by atoms with Gasteiger partial charge in [-0.2, -0.15) is 0 Å². The first-order valence-electron chi connectivity index (χ1n) is 7.53. The van der Waals surface area contributed by atoms with Crippen LogP contribution >= 0.6 is 0 Å². The average Bonchev–Trinajstić information content (AvgIpc) is 2.87. The highest BCUT2D eigenvalue weighted by molar-refractivity contribution is 5.79. The molecule has 0 aliphatic rings. The van der Waals surface area contributed by atoms with Gasteiger partial charge in [-0.15, -0.1) is 0 Å². The van der Waals surface area contributed by atoms with E-state index in [1.54, 1.807) is 7.05 Å². The van der Waals surface area contributed by atoms with E-state index in [0.717, 1.165) is 30.5 Å². The van der Waals surface area contributed by atoms with Crippen molar-refractivity contribution in [3.63, 3.8) is 0 Å². The zero-order valence-electron chi connectivity index (χ0n) is 13.7. The van der Waals surface area contributed by atoms with Crippen molar-refractivity contribution in [2.24, 2.45) is 4.99 Å². The molecule has 5 nitrogen and oxygen atoms in total. The number of hydrogen-bond donors (Lipinski definition) is 2. The van der Waals surface area contributed by atoms with Crippen LogP contribution in [0.5, 0.6) is 0 Å². The van der Waals surface area contributed by atoms with Crippen molar-refractivity contribution < 1.29 is 4.52 Å². The van der Waals surface area contributed by atoms with Gasteiger partial charge in [0.2, 0.25) is 0 Å². The Morgan fingerprint density at radius 2 is 1.95 bits per heavy atom. The van der Waals surface area contributed by atoms with Crippen LogP contribution in [0.25, 0.3) is 0 Å². The minimum atomic E-state index is 0.307. The number of nitrogens with one attached hydrogen (secondary N) is 2. The number of nitrogens with zero attached hydrogens (tertiary/aromatic N) is 2. The molecule has 0 amide bonds. The van der Waals surface area contributed by atoms with Gasteiger partial charge in [0.25, 0.3) is 0 Å². The molecule has 1 heterocycles. The molecule has 0 aliphatic carbocycles. The second-order valence-corrected chi connectivity index (χ2v) is 5.43. The number of rotatable bonds is 5. The third-order valence-corrected chi connectivity index (χ3v) is 3.68. The first-order valence-corrected chi connectivity index (χ1v) is 7.53. The molecule has 2 N–H and O–H groups in total. The molecule has 5 heteroatoms. The number of hydrogen-bond acceptors (Lipinski definition) is 3. The fourth-order valence-electron chi connectivity index (χ4n) is 2.55. The van der Waals surface area contributed by atoms with E-state index in [4.69, 9.17) is 4.52 Å². The maximum absolute atomic E-state index is 5.23. The Hall–Kier alpha value is -2.30. The van der Waals surface area contributed by atoms with Crippen LogP contribution in [0, 0.1) is 13.8 Å². The zero-order chi connectivity index (χ0) is 15.9. The van der Waals surface area contributed by atoms with E-state index in [0.29, 0.717) is 5.92 Å². The van der Waals surface area contributed by atoms with Gasteiger partial charge in [0.15, 0.2) is 5.96 Å². The molecule has 0 spiro atoms. The Labute approximate surface area is 131 Å². The fourth-order valence-corrected chi connectivity index (χ4v) is 2.55. The summed E-state index contributed by atoms with van der Waals surface area (Å²) in [6, 6.07) is 10.3. The summed E-state index contributed by atoms with van der Waals surface area (Å²) in [5, 5.41) is 10.7. The van der Waals surface area contributed by atoms with Crippen molar-refractivity contribution >= 4 is 5.96 Å². The Kier molecular flexibility index (Phi) is 5.58. The number of aromatic nitrogens is 1. The van der Waals surface area contributed by atoms with Gasteiger partial charge in [-0.1, -0.05) is 42.4 Å². The van der Waals surface area contributed by atoms with Gasteiger partial charge in [-0.3, -0.25) is 4.99 Å². The monoisotopic (exact) mass is 300 g/mol. The molecular weight excluding hydrogens is 276 g/mol. The van der Waals surface area contributed by atoms with E-state index in [2.05, 4.69) is 39.8 Å². The molecule has 1 unspecified atom stereocenters. The fraction of sp³-hybridized carbons (Fsp3) is 0.412. The number of benzene rings is 1. The summed E-state index contributed by atoms with van der Waals surface area (Å²) in [7, 11) is 1.78. The highest BCUT2D eigenvalue weighted by Gasteiger charge is 2.16. The second kappa shape index (κ2) is 7.64. The molecule has 1 aromatic carbocycles. The van der Waals surface area contributed by atoms with Crippen LogP contribution in [0.15, 0.2) is 39.8 Å². The molecule has 1 aromatic heterocycles. The average molecular weight is 300 g/mol. The minimum absolute atomic E-state index is 0.307. The van der Waals surface area contributed by atoms with Crippen molar-refractivity contribution in [2.45, 2.75) is 33.2 Å². The molecule has 0 fully saturated rings. The van der Waals surface area contributed by atoms with Crippen LogP contribution in [0.2, 0.25) is 0 Å². The summed E-state index contributed by atoms with van der Waals surface area (Å²) in [4.78, 5) is 4.26. The SMILES string of the molecule is CN=C(NCc1ccccc1)NCC(C)c1c(C)noc1C. The Morgan fingerprint density at radius 3 is 2.55 bits per heavy atom. The summed E-state index contributed by atoms with van der Waals surface area (Å²) in [5.41, 5.74) is 3.36. The molecule has 1 atom stereocenters. The Morgan fingerprint density at radius 1 is 1.23 bits per heavy atom. The lowest BCUT2D eigenvalue weighted by atomic mass is 10.00. The maximum atomic E-state index is 5.23. The molecule has 118 valence electrons. The molecule has 0 aliphatic heterocycles. The third-order valence-electron chi connectivity index (χ3n) is 3.68. The van der Waals surface area contributed by atoms with Crippen LogP contribution in [-0.2, 0) is 6.54 Å². The van der Waals surface area contributed by atoms with Crippen molar-refractivity contribution in [3.05, 3.63) is 52.9 Å². The lowest BCUT2D eigenvalue weighted by Gasteiger charge is -2.16. The van der Waals surface area contributed by atoms with E-state index < -0.39 is 0 Å². The van der Waals surface area contributed by atoms with E-state index in [9.17, 15) is 0 Å². The van der Waals surface area contributed by atoms with Gasteiger partial charge in [0.1, 0.15) is 5.76 Å². The van der Waals surface area contributed by atoms with Crippen molar-refractivity contribution in [2.75, 3.05) is 13.6 Å². The van der Waals surface area contributed by atoms with Gasteiger partial charge < -0.3 is 15.2 Å². The summed E-state index contributed by atoms with van der Waals surface area (Å²) < 4.78 is 5.23. The maximum Gasteiger partial charge on any atom is 0.191 e. The lowest BCUT2D eigenvalue weighted by Crippen LogP contribution is -2.38. The molecule has 0 saturated carbocycles. The quantitative estimate of drug-likeness (QED) is 0.658. The van der Waals surface area contributed by atoms with E-state index in [1.165, 1.54) is 11.1 Å². The summed E-state index contributed by atoms with van der Waals surface area (Å²) >= 11 is 0. The van der Waals surface area contributed by atoms with E-state index in [1.807, 2.05) is 32.0 Å². The van der Waals surface area contributed by atoms with Crippen molar-refractivity contribution in [3.8, 4) is 0 Å². The Balaban J connectivity index is 1.86. The van der Waals surface area contributed by atoms with Gasteiger partial charge in [-0.25, -0.2) is 0 Å². The van der Waals surface area contributed by atoms with Gasteiger partial charge >= 0.3 is 0 Å². The predicted octanol–water partition coefficient (Wildman–Crippen LogP) is 2.76. The first-order chi connectivity index (χ1) is 10.6. The summed E-state index contributed by atoms with van der Waals surface area (Å²) in [5.74, 6) is 1.99. The molecule has 22 heavy (non-hydrogen) atoms. The number of aliphatic imine (C=N–C) groups is 1. The largest absolute Gasteiger partial charge is 0.361 e. The van der Waals surface area contributed by atoms with E-state index in [-0.39, 0.29) is 0 Å². The first kappa shape index (κ1) is 16.1. The standard InChI is InChI=1S/C17H24N4O/c1-12(16-13(2)21-22-14(16)3)10-19-17(18-4)20-11-15-8-6-5-7-9-15/h5-9,12H,10-11H2,1-4H3,(H2,18,19,20). The Bertz CT molecular complexity index is 599. The number of aryl methyl sites for hydroxylation is 2. The second-order valence-electron chi connectivity index (χ2n) is 5.43. The minimum Gasteiger partial charge on any atom is -0.361 e. The van der Waals surface area contributed by atoms with Crippen LogP contribution in [0.3, 0.4) is 0 Å². The lowest BCUT2D eigenvalue weighted by molar-refractivity contribution is 0.391. The highest BCUT2D eigenvalue weighted by atomic mass is 16.5. The van der Waals surface area contributed by atoms with Crippen molar-refractivity contribution in [1.82, 2.24) is 15.8 Å². The summed E-state index contributed by atoms with van der Waals surface area (Å²) in [6.07, 6.45) is 0. The van der Waals surface area contributed by atoms with Crippen LogP contribution in [0.1, 0.15) is 35.4 Å². The van der Waals surface area contributed by atoms with Gasteiger partial charge in [0, 0.05) is 31.6 Å². The van der Waals surface area contributed by atoms with Crippen LogP contribution < -0.4 is 10.6 Å². The number of guanidine groups is 1.